The highest BCUT2D eigenvalue weighted by Crippen LogP contribution is 2.30. The Morgan fingerprint density at radius 3 is 1.81 bits per heavy atom. The molecule has 0 aliphatic heterocycles. The van der Waals surface area contributed by atoms with Crippen LogP contribution in [0.1, 0.15) is 29.2 Å². The Kier molecular flexibility index (Phi) is 10.9. The standard InChI is InChI=1S/C34H34FN3O5/c1-23(39)37-30(19-26-13-8-14-28(35)17-26)34(41)38-29(33(36)40)18-27-15-16-31(42-21-24-9-4-2-5-10-24)32(20-27)43-22-25-11-6-3-7-12-25/h2-17,20,29-30H,18-19,21-22H2,1H3,(H2,36,40)(H,37,39)(H,38,41)/t29-,30+/m0/s1. The van der Waals surface area contributed by atoms with E-state index in [0.29, 0.717) is 35.8 Å². The van der Waals surface area contributed by atoms with E-state index in [-0.39, 0.29) is 12.8 Å². The molecule has 222 valence electrons. The molecule has 9 heteroatoms. The largest absolute Gasteiger partial charge is 0.485 e. The molecule has 2 atom stereocenters. The first-order chi connectivity index (χ1) is 20.8. The van der Waals surface area contributed by atoms with E-state index in [9.17, 15) is 18.8 Å². The van der Waals surface area contributed by atoms with Gasteiger partial charge < -0.3 is 25.8 Å². The van der Waals surface area contributed by atoms with Crippen LogP contribution in [0, 0.1) is 5.82 Å². The van der Waals surface area contributed by atoms with Crippen molar-refractivity contribution >= 4 is 17.7 Å². The Morgan fingerprint density at radius 1 is 0.674 bits per heavy atom. The SMILES string of the molecule is CC(=O)N[C@H](Cc1cccc(F)c1)C(=O)N[C@@H](Cc1ccc(OCc2ccccc2)c(OCc2ccccc2)c1)C(N)=O. The zero-order chi connectivity index (χ0) is 30.6. The molecular weight excluding hydrogens is 549 g/mol. The molecule has 4 rings (SSSR count). The monoisotopic (exact) mass is 583 g/mol. The van der Waals surface area contributed by atoms with Gasteiger partial charge in [0.15, 0.2) is 11.5 Å². The van der Waals surface area contributed by atoms with Crippen molar-refractivity contribution in [1.29, 1.82) is 0 Å². The number of hydrogen-bond donors (Lipinski definition) is 3. The van der Waals surface area contributed by atoms with E-state index in [2.05, 4.69) is 10.6 Å². The number of rotatable bonds is 14. The summed E-state index contributed by atoms with van der Waals surface area (Å²) >= 11 is 0. The van der Waals surface area contributed by atoms with Crippen LogP contribution in [0.2, 0.25) is 0 Å². The summed E-state index contributed by atoms with van der Waals surface area (Å²) in [7, 11) is 0. The van der Waals surface area contributed by atoms with Crippen LogP contribution in [0.5, 0.6) is 11.5 Å². The number of benzene rings is 4. The fourth-order valence-electron chi connectivity index (χ4n) is 4.47. The Balaban J connectivity index is 1.51. The normalized spacial score (nSPS) is 12.0. The summed E-state index contributed by atoms with van der Waals surface area (Å²) in [6, 6.07) is 28.3. The van der Waals surface area contributed by atoms with Gasteiger partial charge in [-0.25, -0.2) is 4.39 Å². The number of primary amides is 1. The maximum Gasteiger partial charge on any atom is 0.243 e. The molecule has 0 spiro atoms. The zero-order valence-electron chi connectivity index (χ0n) is 23.8. The number of nitrogens with one attached hydrogen (secondary N) is 2. The molecule has 0 saturated carbocycles. The molecule has 4 aromatic carbocycles. The van der Waals surface area contributed by atoms with E-state index in [1.165, 1.54) is 25.1 Å². The fraction of sp³-hybridized carbons (Fsp3) is 0.206. The van der Waals surface area contributed by atoms with Gasteiger partial charge in [0.25, 0.3) is 0 Å². The molecule has 3 amide bonds. The lowest BCUT2D eigenvalue weighted by molar-refractivity contribution is -0.130. The molecular formula is C34H34FN3O5. The summed E-state index contributed by atoms with van der Waals surface area (Å²) < 4.78 is 25.9. The van der Waals surface area contributed by atoms with E-state index in [1.54, 1.807) is 24.3 Å². The third kappa shape index (κ3) is 9.71. The van der Waals surface area contributed by atoms with Crippen LogP contribution in [0.3, 0.4) is 0 Å². The molecule has 0 radical (unpaired) electrons. The number of nitrogens with two attached hydrogens (primary N) is 1. The molecule has 0 fully saturated rings. The van der Waals surface area contributed by atoms with Crippen molar-refractivity contribution in [3.63, 3.8) is 0 Å². The molecule has 0 bridgehead atoms. The van der Waals surface area contributed by atoms with Crippen LogP contribution in [0.15, 0.2) is 103 Å². The second-order valence-corrected chi connectivity index (χ2v) is 10.1. The van der Waals surface area contributed by atoms with E-state index in [1.807, 2.05) is 60.7 Å². The van der Waals surface area contributed by atoms with Gasteiger partial charge in [-0.3, -0.25) is 14.4 Å². The van der Waals surface area contributed by atoms with Crippen LogP contribution in [0.4, 0.5) is 4.39 Å². The Hall–Kier alpha value is -5.18. The second-order valence-electron chi connectivity index (χ2n) is 10.1. The first-order valence-electron chi connectivity index (χ1n) is 13.8. The summed E-state index contributed by atoms with van der Waals surface area (Å²) in [6.45, 7) is 1.90. The van der Waals surface area contributed by atoms with Gasteiger partial charge in [-0.2, -0.15) is 0 Å². The first kappa shape index (κ1) is 30.8. The smallest absolute Gasteiger partial charge is 0.243 e. The predicted octanol–water partition coefficient (Wildman–Crippen LogP) is 4.24. The number of carbonyl (C=O) groups excluding carboxylic acids is 3. The second kappa shape index (κ2) is 15.2. The van der Waals surface area contributed by atoms with Crippen LogP contribution >= 0.6 is 0 Å². The fourth-order valence-corrected chi connectivity index (χ4v) is 4.47. The predicted molar refractivity (Wildman–Crippen MR) is 161 cm³/mol. The molecule has 0 saturated heterocycles. The molecule has 4 aromatic rings. The minimum Gasteiger partial charge on any atom is -0.485 e. The minimum atomic E-state index is -1.09. The van der Waals surface area contributed by atoms with Gasteiger partial charge >= 0.3 is 0 Å². The van der Waals surface area contributed by atoms with Crippen molar-refractivity contribution in [2.24, 2.45) is 5.73 Å². The molecule has 0 heterocycles. The van der Waals surface area contributed by atoms with Crippen LogP contribution in [-0.2, 0) is 40.4 Å². The highest BCUT2D eigenvalue weighted by Gasteiger charge is 2.26. The van der Waals surface area contributed by atoms with Crippen molar-refractivity contribution in [3.05, 3.63) is 131 Å². The molecule has 8 nitrogen and oxygen atoms in total. The van der Waals surface area contributed by atoms with Crippen molar-refractivity contribution in [1.82, 2.24) is 10.6 Å². The number of halogens is 1. The highest BCUT2D eigenvalue weighted by atomic mass is 19.1. The zero-order valence-corrected chi connectivity index (χ0v) is 23.8. The quantitative estimate of drug-likeness (QED) is 0.205. The van der Waals surface area contributed by atoms with Gasteiger partial charge in [0, 0.05) is 19.8 Å². The summed E-state index contributed by atoms with van der Waals surface area (Å²) in [4.78, 5) is 37.4. The molecule has 0 unspecified atom stereocenters. The first-order valence-corrected chi connectivity index (χ1v) is 13.8. The Bertz CT molecular complexity index is 1530. The van der Waals surface area contributed by atoms with Crippen molar-refractivity contribution in [2.75, 3.05) is 0 Å². The Morgan fingerprint density at radius 2 is 1.23 bits per heavy atom. The van der Waals surface area contributed by atoms with Gasteiger partial charge in [0.05, 0.1) is 0 Å². The van der Waals surface area contributed by atoms with Gasteiger partial charge in [0.2, 0.25) is 17.7 Å². The van der Waals surface area contributed by atoms with E-state index >= 15 is 0 Å². The molecule has 0 aromatic heterocycles. The molecule has 0 aliphatic rings. The minimum absolute atomic E-state index is 0.0274. The van der Waals surface area contributed by atoms with Crippen LogP contribution in [0.25, 0.3) is 0 Å². The van der Waals surface area contributed by atoms with E-state index in [0.717, 1.165) is 11.1 Å². The lowest BCUT2D eigenvalue weighted by atomic mass is 10.0. The van der Waals surface area contributed by atoms with Gasteiger partial charge in [-0.15, -0.1) is 0 Å². The molecule has 4 N–H and O–H groups in total. The summed E-state index contributed by atoms with van der Waals surface area (Å²) in [5.74, 6) is -1.30. The molecule has 0 aliphatic carbocycles. The van der Waals surface area contributed by atoms with Gasteiger partial charge in [-0.1, -0.05) is 78.9 Å². The lowest BCUT2D eigenvalue weighted by Gasteiger charge is -2.22. The van der Waals surface area contributed by atoms with Crippen molar-refractivity contribution < 1.29 is 28.2 Å². The molecule has 43 heavy (non-hydrogen) atoms. The maximum absolute atomic E-state index is 13.7. The van der Waals surface area contributed by atoms with E-state index < -0.39 is 35.6 Å². The maximum atomic E-state index is 13.7. The number of carbonyl (C=O) groups is 3. The van der Waals surface area contributed by atoms with Gasteiger partial charge in [0.1, 0.15) is 31.1 Å². The summed E-state index contributed by atoms with van der Waals surface area (Å²) in [5.41, 5.74) is 8.81. The average Bonchev–Trinajstić information content (AvgIpc) is 2.99. The number of ether oxygens (including phenoxy) is 2. The summed E-state index contributed by atoms with van der Waals surface area (Å²) in [5, 5.41) is 5.22. The summed E-state index contributed by atoms with van der Waals surface area (Å²) in [6.07, 6.45) is 0.0913. The topological polar surface area (TPSA) is 120 Å². The number of amides is 3. The Labute approximate surface area is 250 Å². The third-order valence-electron chi connectivity index (χ3n) is 6.61. The number of hydrogen-bond acceptors (Lipinski definition) is 5. The lowest BCUT2D eigenvalue weighted by Crippen LogP contribution is -2.54. The average molecular weight is 584 g/mol. The third-order valence-corrected chi connectivity index (χ3v) is 6.61. The van der Waals surface area contributed by atoms with Gasteiger partial charge in [-0.05, 0) is 46.5 Å². The van der Waals surface area contributed by atoms with E-state index in [4.69, 9.17) is 15.2 Å². The highest BCUT2D eigenvalue weighted by molar-refractivity contribution is 5.91. The van der Waals surface area contributed by atoms with Crippen molar-refractivity contribution in [3.8, 4) is 11.5 Å². The van der Waals surface area contributed by atoms with Crippen LogP contribution < -0.4 is 25.8 Å². The van der Waals surface area contributed by atoms with Crippen molar-refractivity contribution in [2.45, 2.75) is 45.1 Å². The van der Waals surface area contributed by atoms with Crippen LogP contribution in [-0.4, -0.2) is 29.8 Å².